The highest BCUT2D eigenvalue weighted by Crippen LogP contribution is 2.18. The second kappa shape index (κ2) is 5.75. The van der Waals surface area contributed by atoms with Gasteiger partial charge in [-0.1, -0.05) is 12.2 Å². The van der Waals surface area contributed by atoms with Crippen LogP contribution in [0.4, 0.5) is 0 Å². The minimum atomic E-state index is -0.0524. The van der Waals surface area contributed by atoms with Crippen molar-refractivity contribution in [3.63, 3.8) is 0 Å². The number of halogens is 1. The van der Waals surface area contributed by atoms with E-state index in [1.807, 2.05) is 6.07 Å². The number of amides is 1. The number of carbonyl (C=O) groups excluding carboxylic acids is 1. The highest BCUT2D eigenvalue weighted by molar-refractivity contribution is 9.10. The van der Waals surface area contributed by atoms with Gasteiger partial charge in [-0.25, -0.2) is 4.98 Å². The van der Waals surface area contributed by atoms with Gasteiger partial charge in [0.25, 0.3) is 5.91 Å². The molecule has 0 saturated carbocycles. The van der Waals surface area contributed by atoms with Crippen molar-refractivity contribution in [3.05, 3.63) is 28.5 Å². The van der Waals surface area contributed by atoms with E-state index in [1.165, 1.54) is 0 Å². The Labute approximate surface area is 120 Å². The van der Waals surface area contributed by atoms with Crippen LogP contribution in [0.25, 0.3) is 0 Å². The van der Waals surface area contributed by atoms with Crippen LogP contribution in [0.5, 0.6) is 0 Å². The first-order valence-electron chi connectivity index (χ1n) is 5.78. The molecule has 1 aromatic rings. The topological polar surface area (TPSA) is 59.2 Å². The summed E-state index contributed by atoms with van der Waals surface area (Å²) in [5.41, 5.74) is 6.12. The summed E-state index contributed by atoms with van der Waals surface area (Å²) in [7, 11) is 0. The molecule has 1 saturated heterocycles. The van der Waals surface area contributed by atoms with Crippen LogP contribution in [0.15, 0.2) is 22.8 Å². The van der Waals surface area contributed by atoms with E-state index in [0.29, 0.717) is 17.2 Å². The number of nitrogens with zero attached hydrogens (tertiary/aromatic N) is 2. The average Bonchev–Trinajstić information content (AvgIpc) is 2.39. The van der Waals surface area contributed by atoms with Crippen LogP contribution >= 0.6 is 28.1 Å². The summed E-state index contributed by atoms with van der Waals surface area (Å²) in [5.74, 6) is 0.0802. The molecule has 1 aliphatic heterocycles. The molecule has 1 atom stereocenters. The number of pyridine rings is 1. The Hall–Kier alpha value is -1.01. The molecule has 0 bridgehead atoms. The van der Waals surface area contributed by atoms with E-state index in [9.17, 15) is 4.79 Å². The molecule has 2 rings (SSSR count). The lowest BCUT2D eigenvalue weighted by Crippen LogP contribution is -2.43. The normalized spacial score (nSPS) is 19.6. The summed E-state index contributed by atoms with van der Waals surface area (Å²) >= 11 is 8.30. The zero-order chi connectivity index (χ0) is 13.1. The Morgan fingerprint density at radius 3 is 2.94 bits per heavy atom. The molecule has 0 aliphatic carbocycles. The van der Waals surface area contributed by atoms with Crippen molar-refractivity contribution in [2.24, 2.45) is 11.7 Å². The SMILES string of the molecule is NC(=S)C1CCCN(C(=O)c2ccc(Br)cn2)C1. The van der Waals surface area contributed by atoms with Crippen molar-refractivity contribution >= 4 is 39.0 Å². The number of hydrogen-bond acceptors (Lipinski definition) is 3. The number of aromatic nitrogens is 1. The number of hydrogen-bond donors (Lipinski definition) is 1. The molecule has 0 radical (unpaired) electrons. The predicted molar refractivity (Wildman–Crippen MR) is 77.3 cm³/mol. The maximum Gasteiger partial charge on any atom is 0.272 e. The molecule has 0 spiro atoms. The van der Waals surface area contributed by atoms with Crippen molar-refractivity contribution in [2.45, 2.75) is 12.8 Å². The molecular formula is C12H14BrN3OS. The Bertz CT molecular complexity index is 463. The number of nitrogens with two attached hydrogens (primary N) is 1. The van der Waals surface area contributed by atoms with Crippen LogP contribution in [0.1, 0.15) is 23.3 Å². The maximum absolute atomic E-state index is 12.2. The molecule has 1 fully saturated rings. The van der Waals surface area contributed by atoms with E-state index in [1.54, 1.807) is 17.2 Å². The molecule has 1 unspecified atom stereocenters. The first kappa shape index (κ1) is 13.4. The lowest BCUT2D eigenvalue weighted by atomic mass is 9.98. The van der Waals surface area contributed by atoms with Crippen LogP contribution in [0, 0.1) is 5.92 Å². The second-order valence-electron chi connectivity index (χ2n) is 4.35. The molecule has 1 amide bonds. The van der Waals surface area contributed by atoms with Gasteiger partial charge in [0.05, 0.1) is 4.99 Å². The van der Waals surface area contributed by atoms with Gasteiger partial charge in [0.2, 0.25) is 0 Å². The van der Waals surface area contributed by atoms with Gasteiger partial charge < -0.3 is 10.6 Å². The zero-order valence-electron chi connectivity index (χ0n) is 9.80. The molecule has 2 N–H and O–H groups in total. The highest BCUT2D eigenvalue weighted by Gasteiger charge is 2.26. The number of thiocarbonyl (C=S) groups is 1. The van der Waals surface area contributed by atoms with Crippen LogP contribution in [-0.2, 0) is 0 Å². The van der Waals surface area contributed by atoms with Crippen LogP contribution in [-0.4, -0.2) is 33.9 Å². The van der Waals surface area contributed by atoms with Gasteiger partial charge in [-0.15, -0.1) is 0 Å². The fourth-order valence-corrected chi connectivity index (χ4v) is 2.49. The van der Waals surface area contributed by atoms with Gasteiger partial charge in [0.15, 0.2) is 0 Å². The summed E-state index contributed by atoms with van der Waals surface area (Å²) in [6.45, 7) is 1.35. The second-order valence-corrected chi connectivity index (χ2v) is 5.74. The third kappa shape index (κ3) is 3.05. The number of piperidine rings is 1. The van der Waals surface area contributed by atoms with Crippen LogP contribution in [0.3, 0.4) is 0 Å². The lowest BCUT2D eigenvalue weighted by molar-refractivity contribution is 0.0697. The fourth-order valence-electron chi connectivity index (χ4n) is 2.06. The molecule has 6 heteroatoms. The highest BCUT2D eigenvalue weighted by atomic mass is 79.9. The van der Waals surface area contributed by atoms with Crippen molar-refractivity contribution < 1.29 is 4.79 Å². The van der Waals surface area contributed by atoms with Gasteiger partial charge >= 0.3 is 0 Å². The third-order valence-electron chi connectivity index (χ3n) is 3.06. The Morgan fingerprint density at radius 1 is 1.56 bits per heavy atom. The van der Waals surface area contributed by atoms with E-state index in [2.05, 4.69) is 20.9 Å². The summed E-state index contributed by atoms with van der Waals surface area (Å²) in [5, 5.41) is 0. The van der Waals surface area contributed by atoms with Crippen LogP contribution in [0.2, 0.25) is 0 Å². The van der Waals surface area contributed by atoms with Crippen molar-refractivity contribution in [1.82, 2.24) is 9.88 Å². The van der Waals surface area contributed by atoms with E-state index in [0.717, 1.165) is 23.9 Å². The van der Waals surface area contributed by atoms with Gasteiger partial charge in [0, 0.05) is 29.7 Å². The number of carbonyl (C=O) groups is 1. The molecule has 1 aromatic heterocycles. The molecule has 1 aliphatic rings. The van der Waals surface area contributed by atoms with E-state index >= 15 is 0 Å². The smallest absolute Gasteiger partial charge is 0.272 e. The lowest BCUT2D eigenvalue weighted by Gasteiger charge is -2.31. The molecular weight excluding hydrogens is 314 g/mol. The predicted octanol–water partition coefficient (Wildman–Crippen LogP) is 1.98. The Morgan fingerprint density at radius 2 is 2.33 bits per heavy atom. The minimum absolute atomic E-state index is 0.0524. The quantitative estimate of drug-likeness (QED) is 0.844. The van der Waals surface area contributed by atoms with Gasteiger partial charge in [-0.05, 0) is 40.9 Å². The number of rotatable bonds is 2. The summed E-state index contributed by atoms with van der Waals surface area (Å²) < 4.78 is 0.860. The summed E-state index contributed by atoms with van der Waals surface area (Å²) in [6.07, 6.45) is 3.53. The van der Waals surface area contributed by atoms with Crippen molar-refractivity contribution in [1.29, 1.82) is 0 Å². The fraction of sp³-hybridized carbons (Fsp3) is 0.417. The molecule has 96 valence electrons. The maximum atomic E-state index is 12.2. The first-order chi connectivity index (χ1) is 8.58. The molecule has 18 heavy (non-hydrogen) atoms. The van der Waals surface area contributed by atoms with E-state index in [4.69, 9.17) is 18.0 Å². The average molecular weight is 328 g/mol. The molecule has 2 heterocycles. The van der Waals surface area contributed by atoms with E-state index in [-0.39, 0.29) is 11.8 Å². The van der Waals surface area contributed by atoms with Gasteiger partial charge in [0.1, 0.15) is 5.69 Å². The standard InChI is InChI=1S/C12H14BrN3OS/c13-9-3-4-10(15-6-9)12(17)16-5-1-2-8(7-16)11(14)18/h3-4,6,8H,1-2,5,7H2,(H2,14,18). The van der Waals surface area contributed by atoms with Crippen LogP contribution < -0.4 is 5.73 Å². The zero-order valence-corrected chi connectivity index (χ0v) is 12.2. The Kier molecular flexibility index (Phi) is 4.29. The van der Waals surface area contributed by atoms with Gasteiger partial charge in [-0.2, -0.15) is 0 Å². The number of likely N-dealkylation sites (tertiary alicyclic amines) is 1. The minimum Gasteiger partial charge on any atom is -0.393 e. The van der Waals surface area contributed by atoms with E-state index < -0.39 is 0 Å². The summed E-state index contributed by atoms with van der Waals surface area (Å²) in [6, 6.07) is 3.53. The van der Waals surface area contributed by atoms with Gasteiger partial charge in [-0.3, -0.25) is 4.79 Å². The van der Waals surface area contributed by atoms with Crippen molar-refractivity contribution in [3.8, 4) is 0 Å². The summed E-state index contributed by atoms with van der Waals surface area (Å²) in [4.78, 5) is 18.6. The molecule has 0 aromatic carbocycles. The largest absolute Gasteiger partial charge is 0.393 e. The first-order valence-corrected chi connectivity index (χ1v) is 6.98. The Balaban J connectivity index is 2.09. The molecule has 4 nitrogen and oxygen atoms in total. The third-order valence-corrected chi connectivity index (χ3v) is 3.86. The monoisotopic (exact) mass is 327 g/mol. The van der Waals surface area contributed by atoms with Crippen molar-refractivity contribution in [2.75, 3.05) is 13.1 Å².